The molecule has 0 fully saturated rings. The Hall–Kier alpha value is -2.63. The van der Waals surface area contributed by atoms with Gasteiger partial charge in [-0.3, -0.25) is 4.79 Å². The number of amides is 1. The first kappa shape index (κ1) is 17.7. The predicted octanol–water partition coefficient (Wildman–Crippen LogP) is 4.13. The van der Waals surface area contributed by atoms with Gasteiger partial charge in [0.15, 0.2) is 0 Å². The highest BCUT2D eigenvalue weighted by Crippen LogP contribution is 2.29. The van der Waals surface area contributed by atoms with Crippen LogP contribution in [0.4, 0.5) is 8.78 Å². The van der Waals surface area contributed by atoms with E-state index >= 15 is 0 Å². The number of hydrogen-bond donors (Lipinski definition) is 0. The lowest BCUT2D eigenvalue weighted by Gasteiger charge is -2.26. The third-order valence-electron chi connectivity index (χ3n) is 3.80. The minimum atomic E-state index is -2.93. The van der Waals surface area contributed by atoms with Gasteiger partial charge in [-0.05, 0) is 31.2 Å². The van der Waals surface area contributed by atoms with Gasteiger partial charge >= 0.3 is 6.61 Å². The number of alkyl halides is 2. The molecule has 6 heteroatoms. The predicted molar refractivity (Wildman–Crippen MR) is 86.6 cm³/mol. The van der Waals surface area contributed by atoms with E-state index in [4.69, 9.17) is 4.74 Å². The molecule has 0 spiro atoms. The van der Waals surface area contributed by atoms with Crippen molar-refractivity contribution in [3.8, 4) is 11.5 Å². The smallest absolute Gasteiger partial charge is 0.387 e. The van der Waals surface area contributed by atoms with Crippen molar-refractivity contribution in [2.75, 3.05) is 14.2 Å². The molecule has 0 aliphatic rings. The summed E-state index contributed by atoms with van der Waals surface area (Å²) in [4.78, 5) is 14.2. The van der Waals surface area contributed by atoms with Gasteiger partial charge < -0.3 is 14.4 Å². The Balaban J connectivity index is 2.22. The summed E-state index contributed by atoms with van der Waals surface area (Å²) in [5.74, 6) is 0.335. The fraction of sp³-hybridized carbons (Fsp3) is 0.278. The minimum Gasteiger partial charge on any atom is -0.496 e. The lowest BCUT2D eigenvalue weighted by molar-refractivity contribution is -0.0499. The van der Waals surface area contributed by atoms with E-state index in [0.717, 1.165) is 5.56 Å². The first-order valence-corrected chi connectivity index (χ1v) is 7.39. The third-order valence-corrected chi connectivity index (χ3v) is 3.80. The van der Waals surface area contributed by atoms with Crippen molar-refractivity contribution in [3.05, 3.63) is 59.7 Å². The molecule has 0 bridgehead atoms. The van der Waals surface area contributed by atoms with E-state index in [2.05, 4.69) is 4.74 Å². The quantitative estimate of drug-likeness (QED) is 0.797. The molecule has 1 unspecified atom stereocenters. The standard InChI is InChI=1S/C18H19F2NO3/c1-12(15-9-4-5-10-16(15)23-3)21(2)17(22)13-7-6-8-14(11-13)24-18(19)20/h4-12,18H,1-3H3. The van der Waals surface area contributed by atoms with E-state index in [0.29, 0.717) is 5.75 Å². The summed E-state index contributed by atoms with van der Waals surface area (Å²) in [6, 6.07) is 12.9. The molecule has 0 N–H and O–H groups in total. The highest BCUT2D eigenvalue weighted by molar-refractivity contribution is 5.94. The number of carbonyl (C=O) groups excluding carboxylic acids is 1. The van der Waals surface area contributed by atoms with Gasteiger partial charge in [-0.25, -0.2) is 0 Å². The molecule has 2 aromatic carbocycles. The van der Waals surface area contributed by atoms with Crippen LogP contribution in [0, 0.1) is 0 Å². The molecule has 24 heavy (non-hydrogen) atoms. The summed E-state index contributed by atoms with van der Waals surface area (Å²) in [5, 5.41) is 0. The third kappa shape index (κ3) is 4.01. The van der Waals surface area contributed by atoms with Crippen molar-refractivity contribution in [2.24, 2.45) is 0 Å². The Labute approximate surface area is 139 Å². The second-order valence-corrected chi connectivity index (χ2v) is 5.24. The summed E-state index contributed by atoms with van der Waals surface area (Å²) in [6.07, 6.45) is 0. The zero-order valence-electron chi connectivity index (χ0n) is 13.7. The molecule has 0 heterocycles. The van der Waals surface area contributed by atoms with Crippen LogP contribution in [-0.2, 0) is 0 Å². The minimum absolute atomic E-state index is 0.0470. The highest BCUT2D eigenvalue weighted by Gasteiger charge is 2.22. The highest BCUT2D eigenvalue weighted by atomic mass is 19.3. The lowest BCUT2D eigenvalue weighted by Crippen LogP contribution is -2.29. The maximum Gasteiger partial charge on any atom is 0.387 e. The van der Waals surface area contributed by atoms with Gasteiger partial charge in [0.2, 0.25) is 0 Å². The SMILES string of the molecule is COc1ccccc1C(C)N(C)C(=O)c1cccc(OC(F)F)c1. The van der Waals surface area contributed by atoms with Crippen LogP contribution in [0.3, 0.4) is 0 Å². The summed E-state index contributed by atoms with van der Waals surface area (Å²) >= 11 is 0. The van der Waals surface area contributed by atoms with Crippen molar-refractivity contribution in [2.45, 2.75) is 19.6 Å². The number of benzene rings is 2. The van der Waals surface area contributed by atoms with E-state index in [9.17, 15) is 13.6 Å². The molecule has 1 amide bonds. The maximum absolute atomic E-state index is 12.6. The molecule has 1 atom stereocenters. The van der Waals surface area contributed by atoms with Crippen molar-refractivity contribution < 1.29 is 23.0 Å². The van der Waals surface area contributed by atoms with Gasteiger partial charge in [-0.1, -0.05) is 24.3 Å². The Morgan fingerprint density at radius 2 is 1.83 bits per heavy atom. The Morgan fingerprint density at radius 1 is 1.12 bits per heavy atom. The van der Waals surface area contributed by atoms with Crippen molar-refractivity contribution in [1.29, 1.82) is 0 Å². The number of rotatable bonds is 6. The van der Waals surface area contributed by atoms with E-state index in [1.54, 1.807) is 20.2 Å². The number of carbonyl (C=O) groups is 1. The molecule has 0 radical (unpaired) electrons. The Morgan fingerprint density at radius 3 is 2.50 bits per heavy atom. The number of ether oxygens (including phenoxy) is 2. The summed E-state index contributed by atoms with van der Waals surface area (Å²) in [7, 11) is 3.22. The average molecular weight is 335 g/mol. The monoisotopic (exact) mass is 335 g/mol. The first-order chi connectivity index (χ1) is 11.4. The largest absolute Gasteiger partial charge is 0.496 e. The molecule has 4 nitrogen and oxygen atoms in total. The Bertz CT molecular complexity index is 706. The fourth-order valence-electron chi connectivity index (χ4n) is 2.41. The van der Waals surface area contributed by atoms with Crippen LogP contribution in [-0.4, -0.2) is 31.6 Å². The van der Waals surface area contributed by atoms with Crippen LogP contribution in [0.1, 0.15) is 28.9 Å². The molecule has 0 saturated heterocycles. The zero-order valence-corrected chi connectivity index (χ0v) is 13.7. The average Bonchev–Trinajstić information content (AvgIpc) is 2.59. The number of halogens is 2. The number of nitrogens with zero attached hydrogens (tertiary/aromatic N) is 1. The molecule has 128 valence electrons. The van der Waals surface area contributed by atoms with Crippen LogP contribution in [0.2, 0.25) is 0 Å². The molecule has 0 aliphatic carbocycles. The molecule has 0 aromatic heterocycles. The van der Waals surface area contributed by atoms with Crippen LogP contribution < -0.4 is 9.47 Å². The molecular weight excluding hydrogens is 316 g/mol. The van der Waals surface area contributed by atoms with E-state index in [1.807, 2.05) is 31.2 Å². The van der Waals surface area contributed by atoms with Crippen LogP contribution in [0.5, 0.6) is 11.5 Å². The second kappa shape index (κ2) is 7.77. The van der Waals surface area contributed by atoms with Crippen LogP contribution in [0.15, 0.2) is 48.5 Å². The molecule has 0 aliphatic heterocycles. The van der Waals surface area contributed by atoms with Gasteiger partial charge in [-0.2, -0.15) is 8.78 Å². The van der Waals surface area contributed by atoms with Gasteiger partial charge in [0.05, 0.1) is 13.2 Å². The van der Waals surface area contributed by atoms with Crippen molar-refractivity contribution >= 4 is 5.91 Å². The summed E-state index contributed by atoms with van der Waals surface area (Å²) < 4.78 is 34.3. The van der Waals surface area contributed by atoms with Crippen molar-refractivity contribution in [3.63, 3.8) is 0 Å². The van der Waals surface area contributed by atoms with Gasteiger partial charge in [0.25, 0.3) is 5.91 Å². The zero-order chi connectivity index (χ0) is 17.7. The maximum atomic E-state index is 12.6. The second-order valence-electron chi connectivity index (χ2n) is 5.24. The topological polar surface area (TPSA) is 38.8 Å². The molecule has 2 aromatic rings. The fourth-order valence-corrected chi connectivity index (χ4v) is 2.41. The Kier molecular flexibility index (Phi) is 5.73. The van der Waals surface area contributed by atoms with E-state index in [1.165, 1.54) is 23.1 Å². The van der Waals surface area contributed by atoms with Crippen LogP contribution >= 0.6 is 0 Å². The van der Waals surface area contributed by atoms with Crippen LogP contribution in [0.25, 0.3) is 0 Å². The molecule has 0 saturated carbocycles. The molecule has 2 rings (SSSR count). The van der Waals surface area contributed by atoms with Gasteiger partial charge in [-0.15, -0.1) is 0 Å². The van der Waals surface area contributed by atoms with E-state index in [-0.39, 0.29) is 23.3 Å². The van der Waals surface area contributed by atoms with Gasteiger partial charge in [0, 0.05) is 18.2 Å². The van der Waals surface area contributed by atoms with Gasteiger partial charge in [0.1, 0.15) is 11.5 Å². The normalized spacial score (nSPS) is 11.9. The number of hydrogen-bond acceptors (Lipinski definition) is 3. The summed E-state index contributed by atoms with van der Waals surface area (Å²) in [5.41, 5.74) is 1.13. The molecular formula is C18H19F2NO3. The first-order valence-electron chi connectivity index (χ1n) is 7.39. The lowest BCUT2D eigenvalue weighted by atomic mass is 10.0. The van der Waals surface area contributed by atoms with E-state index < -0.39 is 6.61 Å². The number of methoxy groups -OCH3 is 1. The summed E-state index contributed by atoms with van der Waals surface area (Å²) in [6.45, 7) is -1.06. The number of para-hydroxylation sites is 1. The van der Waals surface area contributed by atoms with Crippen molar-refractivity contribution in [1.82, 2.24) is 4.90 Å².